The maximum atomic E-state index is 13.1. The Morgan fingerprint density at radius 3 is 0.710 bits per heavy atom. The molecular weight excluding hydrogens is 1310 g/mol. The molecule has 0 aliphatic rings. The van der Waals surface area contributed by atoms with Crippen LogP contribution in [0.1, 0.15) is 415 Å². The van der Waals surface area contributed by atoms with Crippen molar-refractivity contribution < 1.29 is 80.2 Å². The van der Waals surface area contributed by atoms with Crippen molar-refractivity contribution in [2.24, 2.45) is 23.7 Å². The van der Waals surface area contributed by atoms with Crippen molar-refractivity contribution in [3.8, 4) is 0 Å². The first-order valence-electron chi connectivity index (χ1n) is 41.7. The minimum Gasteiger partial charge on any atom is -0.462 e. The monoisotopic (exact) mass is 1470 g/mol. The van der Waals surface area contributed by atoms with Gasteiger partial charge < -0.3 is 33.8 Å². The predicted molar refractivity (Wildman–Crippen MR) is 409 cm³/mol. The Balaban J connectivity index is 5.27. The minimum atomic E-state index is -4.96. The lowest BCUT2D eigenvalue weighted by atomic mass is 9.99. The molecule has 0 radical (unpaired) electrons. The van der Waals surface area contributed by atoms with Crippen LogP contribution in [0.2, 0.25) is 0 Å². The summed E-state index contributed by atoms with van der Waals surface area (Å²) < 4.78 is 68.8. The van der Waals surface area contributed by atoms with Crippen LogP contribution >= 0.6 is 15.6 Å². The Morgan fingerprint density at radius 1 is 0.280 bits per heavy atom. The van der Waals surface area contributed by atoms with Gasteiger partial charge in [-0.05, 0) is 49.4 Å². The van der Waals surface area contributed by atoms with E-state index in [9.17, 15) is 43.2 Å². The van der Waals surface area contributed by atoms with Crippen LogP contribution in [-0.2, 0) is 65.4 Å². The SMILES string of the molecule is CCC(C)CCCCCCCCCCC(=O)OC[C@H](COP(=O)(O)OC[C@H](O)COP(=O)(O)OC[C@@H](COC(=O)CCCCCCCCCCCCCCCC(C)C)OC(=O)CCCCCCCCCCCCCCCCCC(C)C)OC(=O)CCCCCCCCCCCCCC(C)C. The topological polar surface area (TPSA) is 237 Å². The molecule has 3 N–H and O–H groups in total. The molecule has 19 heteroatoms. The number of hydrogen-bond donors (Lipinski definition) is 3. The smallest absolute Gasteiger partial charge is 0.462 e. The zero-order valence-electron chi connectivity index (χ0n) is 65.8. The second-order valence-corrected chi connectivity index (χ2v) is 33.7. The summed E-state index contributed by atoms with van der Waals surface area (Å²) in [6, 6.07) is 0. The lowest BCUT2D eigenvalue weighted by molar-refractivity contribution is -0.161. The first-order chi connectivity index (χ1) is 48.1. The molecular formula is C81H158O17P2. The second-order valence-electron chi connectivity index (χ2n) is 30.8. The zero-order chi connectivity index (χ0) is 73.8. The van der Waals surface area contributed by atoms with Crippen LogP contribution in [0.25, 0.3) is 0 Å². The fraction of sp³-hybridized carbons (Fsp3) is 0.951. The summed E-state index contributed by atoms with van der Waals surface area (Å²) in [5.41, 5.74) is 0. The van der Waals surface area contributed by atoms with Gasteiger partial charge in [-0.25, -0.2) is 9.13 Å². The number of aliphatic hydroxyl groups excluding tert-OH is 1. The summed E-state index contributed by atoms with van der Waals surface area (Å²) in [7, 11) is -9.92. The van der Waals surface area contributed by atoms with Crippen LogP contribution in [0.15, 0.2) is 0 Å². The molecule has 100 heavy (non-hydrogen) atoms. The average Bonchev–Trinajstić information content (AvgIpc) is 0.945. The van der Waals surface area contributed by atoms with Gasteiger partial charge in [0.25, 0.3) is 0 Å². The third-order valence-corrected chi connectivity index (χ3v) is 21.1. The first kappa shape index (κ1) is 98.1. The molecule has 6 atom stereocenters. The molecule has 0 aromatic heterocycles. The van der Waals surface area contributed by atoms with Gasteiger partial charge in [-0.2, -0.15) is 0 Å². The van der Waals surface area contributed by atoms with E-state index < -0.39 is 97.5 Å². The number of esters is 4. The highest BCUT2D eigenvalue weighted by molar-refractivity contribution is 7.47. The number of aliphatic hydroxyl groups is 1. The van der Waals surface area contributed by atoms with Crippen LogP contribution < -0.4 is 0 Å². The van der Waals surface area contributed by atoms with Crippen molar-refractivity contribution >= 4 is 39.5 Å². The lowest BCUT2D eigenvalue weighted by Crippen LogP contribution is -2.30. The summed E-state index contributed by atoms with van der Waals surface area (Å²) >= 11 is 0. The molecule has 0 saturated heterocycles. The van der Waals surface area contributed by atoms with Crippen LogP contribution in [0.5, 0.6) is 0 Å². The molecule has 0 aromatic carbocycles. The Bertz CT molecular complexity index is 1960. The van der Waals surface area contributed by atoms with E-state index in [1.165, 1.54) is 218 Å². The Morgan fingerprint density at radius 2 is 0.480 bits per heavy atom. The number of phosphoric acid groups is 2. The average molecular weight is 1470 g/mol. The number of phosphoric ester groups is 2. The Labute approximate surface area is 613 Å². The van der Waals surface area contributed by atoms with E-state index in [-0.39, 0.29) is 25.7 Å². The van der Waals surface area contributed by atoms with Crippen molar-refractivity contribution in [3.63, 3.8) is 0 Å². The molecule has 0 fully saturated rings. The minimum absolute atomic E-state index is 0.106. The Hall–Kier alpha value is -1.94. The number of hydrogen-bond acceptors (Lipinski definition) is 15. The van der Waals surface area contributed by atoms with Crippen molar-refractivity contribution in [2.45, 2.75) is 433 Å². The molecule has 0 amide bonds. The fourth-order valence-electron chi connectivity index (χ4n) is 12.4. The third-order valence-electron chi connectivity index (χ3n) is 19.2. The molecule has 17 nitrogen and oxygen atoms in total. The van der Waals surface area contributed by atoms with Crippen LogP contribution in [0, 0.1) is 23.7 Å². The molecule has 0 bridgehead atoms. The lowest BCUT2D eigenvalue weighted by Gasteiger charge is -2.21. The molecule has 0 aromatic rings. The van der Waals surface area contributed by atoms with Crippen LogP contribution in [0.4, 0.5) is 0 Å². The zero-order valence-corrected chi connectivity index (χ0v) is 67.6. The van der Waals surface area contributed by atoms with Crippen molar-refractivity contribution in [2.75, 3.05) is 39.6 Å². The van der Waals surface area contributed by atoms with Gasteiger partial charge in [0.1, 0.15) is 19.3 Å². The molecule has 0 spiro atoms. The van der Waals surface area contributed by atoms with Crippen molar-refractivity contribution in [3.05, 3.63) is 0 Å². The van der Waals surface area contributed by atoms with E-state index >= 15 is 0 Å². The molecule has 0 rings (SSSR count). The van der Waals surface area contributed by atoms with Gasteiger partial charge in [0.2, 0.25) is 0 Å². The number of carbonyl (C=O) groups is 4. The maximum Gasteiger partial charge on any atom is 0.472 e. The molecule has 0 saturated carbocycles. The number of carbonyl (C=O) groups excluding carboxylic acids is 4. The van der Waals surface area contributed by atoms with E-state index in [2.05, 4.69) is 55.4 Å². The summed E-state index contributed by atoms with van der Waals surface area (Å²) in [6.07, 6.45) is 56.7. The molecule has 0 aliphatic heterocycles. The molecule has 0 aliphatic carbocycles. The van der Waals surface area contributed by atoms with Crippen molar-refractivity contribution in [1.29, 1.82) is 0 Å². The fourth-order valence-corrected chi connectivity index (χ4v) is 14.0. The van der Waals surface area contributed by atoms with Gasteiger partial charge in [-0.15, -0.1) is 0 Å². The summed E-state index contributed by atoms with van der Waals surface area (Å²) in [5.74, 6) is 1.02. The quantitative estimate of drug-likeness (QED) is 0.0222. The predicted octanol–water partition coefficient (Wildman–Crippen LogP) is 24.0. The number of rotatable bonds is 78. The van der Waals surface area contributed by atoms with Gasteiger partial charge in [0.05, 0.1) is 26.4 Å². The maximum absolute atomic E-state index is 13.1. The standard InChI is InChI=1S/C81H158O17P2/c1-9-74(8)60-52-44-36-31-32-38-46-54-62-79(84)92-68-77(98-81(86)64-56-48-40-30-24-18-21-27-35-43-51-59-73(6)7)70-96-100(89,90)94-66-75(82)65-93-99(87,88)95-69-76(67-91-78(83)61-53-45-37-28-22-17-13-15-20-26-34-42-50-58-72(4)5)97-80(85)63-55-47-39-29-23-16-12-10-11-14-19-25-33-41-49-57-71(2)3/h71-77,82H,9-70H2,1-8H3,(H,87,88)(H,89,90)/t74?,75-,76-,77-/m1/s1. The van der Waals surface area contributed by atoms with Crippen LogP contribution in [-0.4, -0.2) is 96.7 Å². The number of unbranched alkanes of at least 4 members (excludes halogenated alkanes) is 43. The largest absolute Gasteiger partial charge is 0.472 e. The van der Waals surface area contributed by atoms with Gasteiger partial charge in [-0.1, -0.05) is 364 Å². The van der Waals surface area contributed by atoms with E-state index in [1.807, 2.05) is 0 Å². The Kier molecular flexibility index (Phi) is 68.7. The highest BCUT2D eigenvalue weighted by Crippen LogP contribution is 2.45. The van der Waals surface area contributed by atoms with E-state index in [4.69, 9.17) is 37.0 Å². The third kappa shape index (κ3) is 73.0. The summed E-state index contributed by atoms with van der Waals surface area (Å²) in [4.78, 5) is 73.1. The normalized spacial score (nSPS) is 14.3. The van der Waals surface area contributed by atoms with E-state index in [1.54, 1.807) is 0 Å². The van der Waals surface area contributed by atoms with Crippen LogP contribution in [0.3, 0.4) is 0 Å². The van der Waals surface area contributed by atoms with E-state index in [0.29, 0.717) is 25.7 Å². The van der Waals surface area contributed by atoms with Gasteiger partial charge in [0, 0.05) is 25.7 Å². The first-order valence-corrected chi connectivity index (χ1v) is 44.7. The highest BCUT2D eigenvalue weighted by atomic mass is 31.2. The van der Waals surface area contributed by atoms with E-state index in [0.717, 1.165) is 114 Å². The molecule has 3 unspecified atom stereocenters. The van der Waals surface area contributed by atoms with Gasteiger partial charge in [-0.3, -0.25) is 37.3 Å². The highest BCUT2D eigenvalue weighted by Gasteiger charge is 2.30. The summed E-state index contributed by atoms with van der Waals surface area (Å²) in [6.45, 7) is 14.3. The van der Waals surface area contributed by atoms with Gasteiger partial charge in [0.15, 0.2) is 12.2 Å². The van der Waals surface area contributed by atoms with Crippen molar-refractivity contribution in [1.82, 2.24) is 0 Å². The van der Waals surface area contributed by atoms with Gasteiger partial charge >= 0.3 is 39.5 Å². The summed E-state index contributed by atoms with van der Waals surface area (Å²) in [5, 5.41) is 10.6. The molecule has 594 valence electrons. The molecule has 0 heterocycles. The number of ether oxygens (including phenoxy) is 4. The second kappa shape index (κ2) is 70.1.